The van der Waals surface area contributed by atoms with Crippen molar-refractivity contribution in [3.8, 4) is 5.75 Å². The number of amides is 1. The Hall–Kier alpha value is -2.18. The van der Waals surface area contributed by atoms with Gasteiger partial charge >= 0.3 is 0 Å². The van der Waals surface area contributed by atoms with Crippen LogP contribution in [0.2, 0.25) is 0 Å². The van der Waals surface area contributed by atoms with Gasteiger partial charge < -0.3 is 15.2 Å². The number of nitrogens with one attached hydrogen (secondary N) is 1. The van der Waals surface area contributed by atoms with Gasteiger partial charge in [-0.3, -0.25) is 9.59 Å². The third-order valence-electron chi connectivity index (χ3n) is 4.84. The molecule has 2 N–H and O–H groups in total. The molecule has 0 radical (unpaired) electrons. The summed E-state index contributed by atoms with van der Waals surface area (Å²) in [6.45, 7) is 0. The Morgan fingerprint density at radius 3 is 2.75 bits per heavy atom. The first kappa shape index (κ1) is 15.4. The van der Waals surface area contributed by atoms with Gasteiger partial charge in [-0.05, 0) is 30.2 Å². The Balaban J connectivity index is 1.87. The lowest BCUT2D eigenvalue weighted by atomic mass is 9.80. The van der Waals surface area contributed by atoms with Crippen LogP contribution < -0.4 is 10.1 Å². The van der Waals surface area contributed by atoms with E-state index in [1.165, 1.54) is 7.11 Å². The number of para-hydroxylation sites is 1. The predicted molar refractivity (Wildman–Crippen MR) is 91.2 cm³/mol. The number of hydrogen-bond donors (Lipinski definition) is 2. The smallest absolute Gasteiger partial charge is 0.261 e. The number of Topliss-reactive ketones (excluding diaryl/α,β-unsaturated/α-hetero) is 1. The van der Waals surface area contributed by atoms with E-state index in [9.17, 15) is 14.7 Å². The minimum absolute atomic E-state index is 0.268. The monoisotopic (exact) mass is 387 g/mol. The lowest BCUT2D eigenvalue weighted by molar-refractivity contribution is -0.137. The van der Waals surface area contributed by atoms with Gasteiger partial charge in [-0.2, -0.15) is 0 Å². The summed E-state index contributed by atoms with van der Waals surface area (Å²) in [6.07, 6.45) is 0.268. The molecule has 0 saturated carbocycles. The molecule has 1 aliphatic heterocycles. The van der Waals surface area contributed by atoms with Crippen LogP contribution in [-0.4, -0.2) is 23.9 Å². The Labute approximate surface area is 146 Å². The summed E-state index contributed by atoms with van der Waals surface area (Å²) in [4.78, 5) is 25.6. The molecule has 6 heteroatoms. The lowest BCUT2D eigenvalue weighted by Crippen LogP contribution is -2.44. The number of hydrogen-bond acceptors (Lipinski definition) is 4. The fourth-order valence-corrected chi connectivity index (χ4v) is 4.15. The SMILES string of the molecule is COc1ccc(Br)c2c1C(=O)[C@H]([C@]1(O)C(=O)Nc3ccccc31)C2. The zero-order valence-corrected chi connectivity index (χ0v) is 14.4. The molecule has 24 heavy (non-hydrogen) atoms. The number of aliphatic hydroxyl groups is 1. The van der Waals surface area contributed by atoms with E-state index in [0.717, 1.165) is 10.0 Å². The van der Waals surface area contributed by atoms with Gasteiger partial charge in [-0.25, -0.2) is 0 Å². The summed E-state index contributed by atoms with van der Waals surface area (Å²) in [5.41, 5.74) is 0.297. The molecule has 4 rings (SSSR count). The number of carbonyl (C=O) groups is 2. The maximum atomic E-state index is 13.0. The molecule has 1 aliphatic carbocycles. The van der Waals surface area contributed by atoms with Crippen LogP contribution in [0.3, 0.4) is 0 Å². The molecule has 1 amide bonds. The predicted octanol–water partition coefficient (Wildman–Crippen LogP) is 2.65. The van der Waals surface area contributed by atoms with Gasteiger partial charge in [0.05, 0.1) is 18.6 Å². The molecular weight excluding hydrogens is 374 g/mol. The maximum absolute atomic E-state index is 13.0. The molecule has 0 bridgehead atoms. The standard InChI is InChI=1S/C18H14BrNO4/c1-24-14-7-6-12(19)9-8-11(16(21)15(9)14)18(23)10-4-2-3-5-13(10)20-17(18)22/h2-7,11,23H,8H2,1H3,(H,20,22)/t11-,18+/m1/s1. The third kappa shape index (κ3) is 1.84. The number of rotatable bonds is 2. The van der Waals surface area contributed by atoms with Crippen molar-refractivity contribution in [2.24, 2.45) is 5.92 Å². The molecule has 122 valence electrons. The molecule has 0 saturated heterocycles. The Kier molecular flexibility index (Phi) is 3.30. The summed E-state index contributed by atoms with van der Waals surface area (Å²) in [6, 6.07) is 10.4. The van der Waals surface area contributed by atoms with Crippen molar-refractivity contribution in [2.45, 2.75) is 12.0 Å². The van der Waals surface area contributed by atoms with Crippen molar-refractivity contribution in [3.63, 3.8) is 0 Å². The van der Waals surface area contributed by atoms with E-state index in [2.05, 4.69) is 21.2 Å². The van der Waals surface area contributed by atoms with Gasteiger partial charge in [0.25, 0.3) is 5.91 Å². The van der Waals surface area contributed by atoms with E-state index < -0.39 is 17.4 Å². The number of fused-ring (bicyclic) bond motifs is 2. The molecule has 2 atom stereocenters. The Bertz CT molecular complexity index is 895. The highest BCUT2D eigenvalue weighted by molar-refractivity contribution is 9.10. The van der Waals surface area contributed by atoms with Gasteiger partial charge in [-0.15, -0.1) is 0 Å². The van der Waals surface area contributed by atoms with Crippen LogP contribution in [0, 0.1) is 5.92 Å². The third-order valence-corrected chi connectivity index (χ3v) is 5.59. The van der Waals surface area contributed by atoms with Crippen molar-refractivity contribution in [2.75, 3.05) is 12.4 Å². The molecular formula is C18H14BrNO4. The van der Waals surface area contributed by atoms with Crippen LogP contribution in [0.25, 0.3) is 0 Å². The first-order valence-electron chi connectivity index (χ1n) is 7.51. The molecule has 2 aliphatic rings. The second-order valence-corrected chi connectivity index (χ2v) is 6.84. The molecule has 2 aromatic carbocycles. The first-order valence-corrected chi connectivity index (χ1v) is 8.30. The number of ketones is 1. The van der Waals surface area contributed by atoms with Crippen molar-refractivity contribution >= 4 is 33.3 Å². The fourth-order valence-electron chi connectivity index (χ4n) is 3.66. The number of methoxy groups -OCH3 is 1. The van der Waals surface area contributed by atoms with Gasteiger partial charge in [0.2, 0.25) is 0 Å². The zero-order chi connectivity index (χ0) is 17.1. The summed E-state index contributed by atoms with van der Waals surface area (Å²) in [7, 11) is 1.50. The minimum atomic E-state index is -1.88. The molecule has 0 spiro atoms. The molecule has 0 fully saturated rings. The van der Waals surface area contributed by atoms with Crippen LogP contribution in [0.15, 0.2) is 40.9 Å². The van der Waals surface area contributed by atoms with E-state index in [1.807, 2.05) is 0 Å². The van der Waals surface area contributed by atoms with Gasteiger partial charge in [0.15, 0.2) is 11.4 Å². The summed E-state index contributed by atoms with van der Waals surface area (Å²) >= 11 is 3.45. The number of ether oxygens (including phenoxy) is 1. The van der Waals surface area contributed by atoms with Crippen molar-refractivity contribution in [1.82, 2.24) is 0 Å². The van der Waals surface area contributed by atoms with Crippen molar-refractivity contribution in [1.29, 1.82) is 0 Å². The van der Waals surface area contributed by atoms with Gasteiger partial charge in [-0.1, -0.05) is 34.1 Å². The van der Waals surface area contributed by atoms with E-state index in [4.69, 9.17) is 4.74 Å². The Morgan fingerprint density at radius 2 is 2.00 bits per heavy atom. The van der Waals surface area contributed by atoms with Crippen LogP contribution in [-0.2, 0) is 16.8 Å². The number of carbonyl (C=O) groups excluding carboxylic acids is 2. The summed E-state index contributed by atoms with van der Waals surface area (Å²) in [5, 5.41) is 13.9. The highest BCUT2D eigenvalue weighted by Gasteiger charge is 2.56. The summed E-state index contributed by atoms with van der Waals surface area (Å²) < 4.78 is 6.07. The van der Waals surface area contributed by atoms with E-state index >= 15 is 0 Å². The minimum Gasteiger partial charge on any atom is -0.496 e. The van der Waals surface area contributed by atoms with E-state index in [1.54, 1.807) is 36.4 Å². The topological polar surface area (TPSA) is 75.6 Å². The second kappa shape index (κ2) is 5.16. The van der Waals surface area contributed by atoms with Gasteiger partial charge in [0, 0.05) is 15.7 Å². The van der Waals surface area contributed by atoms with E-state index in [0.29, 0.717) is 22.6 Å². The highest BCUT2D eigenvalue weighted by Crippen LogP contribution is 2.49. The maximum Gasteiger partial charge on any atom is 0.261 e. The molecule has 0 unspecified atom stereocenters. The largest absolute Gasteiger partial charge is 0.496 e. The average molecular weight is 388 g/mol. The van der Waals surface area contributed by atoms with Crippen LogP contribution in [0.1, 0.15) is 21.5 Å². The number of benzene rings is 2. The lowest BCUT2D eigenvalue weighted by Gasteiger charge is -2.26. The highest BCUT2D eigenvalue weighted by atomic mass is 79.9. The van der Waals surface area contributed by atoms with Gasteiger partial charge in [0.1, 0.15) is 5.75 Å². The van der Waals surface area contributed by atoms with Crippen molar-refractivity contribution in [3.05, 3.63) is 57.6 Å². The Morgan fingerprint density at radius 1 is 1.25 bits per heavy atom. The number of anilines is 1. The molecule has 5 nitrogen and oxygen atoms in total. The van der Waals surface area contributed by atoms with E-state index in [-0.39, 0.29) is 12.2 Å². The summed E-state index contributed by atoms with van der Waals surface area (Å²) in [5.74, 6) is -1.28. The zero-order valence-electron chi connectivity index (χ0n) is 12.8. The van der Waals surface area contributed by atoms with Crippen LogP contribution >= 0.6 is 15.9 Å². The van der Waals surface area contributed by atoms with Crippen LogP contribution in [0.4, 0.5) is 5.69 Å². The second-order valence-electron chi connectivity index (χ2n) is 5.99. The molecule has 1 heterocycles. The molecule has 0 aromatic heterocycles. The molecule has 2 aromatic rings. The van der Waals surface area contributed by atoms with Crippen LogP contribution in [0.5, 0.6) is 5.75 Å². The number of halogens is 1. The first-order chi connectivity index (χ1) is 11.5. The average Bonchev–Trinajstić information content (AvgIpc) is 3.06. The quantitative estimate of drug-likeness (QED) is 0.830. The fraction of sp³-hybridized carbons (Fsp3) is 0.222. The normalized spacial score (nSPS) is 24.5. The van der Waals surface area contributed by atoms with Crippen molar-refractivity contribution < 1.29 is 19.4 Å².